The molecule has 1 aliphatic heterocycles. The summed E-state index contributed by atoms with van der Waals surface area (Å²) in [5.41, 5.74) is 4.94. The Balaban J connectivity index is 2.32. The standard InChI is InChI=1S/C7H15NOS/c8-4-3-7(9)2-1-5-10-6-7/h9H,1-6,8H2. The fourth-order valence-corrected chi connectivity index (χ4v) is 2.46. The Morgan fingerprint density at radius 2 is 2.40 bits per heavy atom. The van der Waals surface area contributed by atoms with Crippen LogP contribution in [-0.2, 0) is 0 Å². The molecule has 1 unspecified atom stereocenters. The predicted octanol–water partition coefficient (Wildman–Crippen LogP) is 0.593. The zero-order valence-corrected chi connectivity index (χ0v) is 6.99. The minimum atomic E-state index is -0.433. The van der Waals surface area contributed by atoms with E-state index in [1.54, 1.807) is 0 Å². The van der Waals surface area contributed by atoms with Crippen molar-refractivity contribution in [2.75, 3.05) is 18.1 Å². The van der Waals surface area contributed by atoms with Crippen LogP contribution in [0.15, 0.2) is 0 Å². The van der Waals surface area contributed by atoms with Crippen molar-refractivity contribution in [1.82, 2.24) is 0 Å². The van der Waals surface area contributed by atoms with E-state index in [0.717, 1.165) is 25.0 Å². The van der Waals surface area contributed by atoms with E-state index in [0.29, 0.717) is 6.54 Å². The first-order valence-corrected chi connectivity index (χ1v) is 4.92. The van der Waals surface area contributed by atoms with E-state index in [-0.39, 0.29) is 0 Å². The van der Waals surface area contributed by atoms with Gasteiger partial charge in [-0.05, 0) is 31.6 Å². The lowest BCUT2D eigenvalue weighted by atomic mass is 9.96. The second kappa shape index (κ2) is 3.60. The number of hydrogen-bond donors (Lipinski definition) is 2. The third-order valence-electron chi connectivity index (χ3n) is 1.91. The zero-order chi connectivity index (χ0) is 7.45. The number of thioether (sulfide) groups is 1. The van der Waals surface area contributed by atoms with Gasteiger partial charge in [0.25, 0.3) is 0 Å². The van der Waals surface area contributed by atoms with Gasteiger partial charge in [0, 0.05) is 5.75 Å². The average Bonchev–Trinajstić information content (AvgIpc) is 1.89. The molecule has 60 valence electrons. The van der Waals surface area contributed by atoms with Gasteiger partial charge < -0.3 is 10.8 Å². The predicted molar refractivity (Wildman–Crippen MR) is 45.2 cm³/mol. The van der Waals surface area contributed by atoms with Crippen molar-refractivity contribution < 1.29 is 5.11 Å². The van der Waals surface area contributed by atoms with Crippen LogP contribution < -0.4 is 5.73 Å². The van der Waals surface area contributed by atoms with E-state index >= 15 is 0 Å². The van der Waals surface area contributed by atoms with Gasteiger partial charge in [-0.15, -0.1) is 0 Å². The molecule has 3 heteroatoms. The Bertz CT molecular complexity index is 96.3. The largest absolute Gasteiger partial charge is 0.389 e. The van der Waals surface area contributed by atoms with Crippen LogP contribution >= 0.6 is 11.8 Å². The molecular weight excluding hydrogens is 146 g/mol. The van der Waals surface area contributed by atoms with Crippen molar-refractivity contribution in [1.29, 1.82) is 0 Å². The first-order chi connectivity index (χ1) is 4.77. The molecule has 1 aliphatic rings. The van der Waals surface area contributed by atoms with Crippen LogP contribution in [0.2, 0.25) is 0 Å². The summed E-state index contributed by atoms with van der Waals surface area (Å²) >= 11 is 1.84. The van der Waals surface area contributed by atoms with Gasteiger partial charge in [-0.25, -0.2) is 0 Å². The molecule has 0 saturated carbocycles. The molecule has 1 atom stereocenters. The highest BCUT2D eigenvalue weighted by molar-refractivity contribution is 7.99. The van der Waals surface area contributed by atoms with Gasteiger partial charge in [-0.1, -0.05) is 0 Å². The molecule has 3 N–H and O–H groups in total. The smallest absolute Gasteiger partial charge is 0.0750 e. The highest BCUT2D eigenvalue weighted by atomic mass is 32.2. The molecule has 2 nitrogen and oxygen atoms in total. The Morgan fingerprint density at radius 3 is 2.90 bits per heavy atom. The maximum atomic E-state index is 9.77. The molecule has 0 aromatic rings. The number of nitrogens with two attached hydrogens (primary N) is 1. The fourth-order valence-electron chi connectivity index (χ4n) is 1.30. The monoisotopic (exact) mass is 161 g/mol. The minimum absolute atomic E-state index is 0.433. The zero-order valence-electron chi connectivity index (χ0n) is 6.18. The van der Waals surface area contributed by atoms with E-state index in [4.69, 9.17) is 5.73 Å². The van der Waals surface area contributed by atoms with Gasteiger partial charge in [0.05, 0.1) is 5.60 Å². The highest BCUT2D eigenvalue weighted by Gasteiger charge is 2.28. The summed E-state index contributed by atoms with van der Waals surface area (Å²) < 4.78 is 0. The molecule has 10 heavy (non-hydrogen) atoms. The topological polar surface area (TPSA) is 46.2 Å². The Labute approximate surface area is 66.2 Å². The third-order valence-corrected chi connectivity index (χ3v) is 3.23. The summed E-state index contributed by atoms with van der Waals surface area (Å²) in [6, 6.07) is 0. The molecule has 1 heterocycles. The van der Waals surface area contributed by atoms with Crippen LogP contribution in [-0.4, -0.2) is 28.8 Å². The van der Waals surface area contributed by atoms with E-state index in [2.05, 4.69) is 0 Å². The van der Waals surface area contributed by atoms with Crippen molar-refractivity contribution in [2.45, 2.75) is 24.9 Å². The van der Waals surface area contributed by atoms with E-state index < -0.39 is 5.60 Å². The number of aliphatic hydroxyl groups is 1. The van der Waals surface area contributed by atoms with Crippen LogP contribution in [0.25, 0.3) is 0 Å². The van der Waals surface area contributed by atoms with Crippen molar-refractivity contribution in [3.05, 3.63) is 0 Å². The number of hydrogen-bond acceptors (Lipinski definition) is 3. The van der Waals surface area contributed by atoms with Crippen LogP contribution in [0.5, 0.6) is 0 Å². The van der Waals surface area contributed by atoms with E-state index in [1.807, 2.05) is 11.8 Å². The normalized spacial score (nSPS) is 34.2. The summed E-state index contributed by atoms with van der Waals surface area (Å²) in [6.45, 7) is 0.608. The number of rotatable bonds is 2. The van der Waals surface area contributed by atoms with Gasteiger partial charge in [0.1, 0.15) is 0 Å². The lowest BCUT2D eigenvalue weighted by Crippen LogP contribution is -2.36. The molecule has 1 rings (SSSR count). The van der Waals surface area contributed by atoms with Crippen LogP contribution in [0.3, 0.4) is 0 Å². The lowest BCUT2D eigenvalue weighted by Gasteiger charge is -2.30. The average molecular weight is 161 g/mol. The first kappa shape index (κ1) is 8.37. The van der Waals surface area contributed by atoms with Crippen molar-refractivity contribution in [2.24, 2.45) is 5.73 Å². The molecule has 1 saturated heterocycles. The SMILES string of the molecule is NCCC1(O)CCCSC1. The molecule has 1 fully saturated rings. The van der Waals surface area contributed by atoms with Crippen molar-refractivity contribution in [3.8, 4) is 0 Å². The lowest BCUT2D eigenvalue weighted by molar-refractivity contribution is 0.0462. The molecule has 0 aliphatic carbocycles. The van der Waals surface area contributed by atoms with Crippen LogP contribution in [0.4, 0.5) is 0 Å². The molecule has 0 radical (unpaired) electrons. The summed E-state index contributed by atoms with van der Waals surface area (Å²) in [5, 5.41) is 9.77. The first-order valence-electron chi connectivity index (χ1n) is 3.77. The molecule has 0 aromatic carbocycles. The summed E-state index contributed by atoms with van der Waals surface area (Å²) in [5.74, 6) is 2.08. The summed E-state index contributed by atoms with van der Waals surface area (Å²) in [4.78, 5) is 0. The maximum Gasteiger partial charge on any atom is 0.0750 e. The van der Waals surface area contributed by atoms with Gasteiger partial charge >= 0.3 is 0 Å². The summed E-state index contributed by atoms with van der Waals surface area (Å²) in [6.07, 6.45) is 2.85. The van der Waals surface area contributed by atoms with Crippen LogP contribution in [0, 0.1) is 0 Å². The molecule has 0 aromatic heterocycles. The molecule has 0 spiro atoms. The summed E-state index contributed by atoms with van der Waals surface area (Å²) in [7, 11) is 0. The van der Waals surface area contributed by atoms with Gasteiger partial charge in [0.15, 0.2) is 0 Å². The minimum Gasteiger partial charge on any atom is -0.389 e. The van der Waals surface area contributed by atoms with Gasteiger partial charge in [0.2, 0.25) is 0 Å². The molecular formula is C7H15NOS. The maximum absolute atomic E-state index is 9.77. The van der Waals surface area contributed by atoms with Gasteiger partial charge in [-0.3, -0.25) is 0 Å². The highest BCUT2D eigenvalue weighted by Crippen LogP contribution is 2.28. The Morgan fingerprint density at radius 1 is 1.60 bits per heavy atom. The van der Waals surface area contributed by atoms with Gasteiger partial charge in [-0.2, -0.15) is 11.8 Å². The molecule has 0 bridgehead atoms. The second-order valence-corrected chi connectivity index (χ2v) is 4.02. The fraction of sp³-hybridized carbons (Fsp3) is 1.00. The van der Waals surface area contributed by atoms with Crippen molar-refractivity contribution in [3.63, 3.8) is 0 Å². The van der Waals surface area contributed by atoms with Crippen molar-refractivity contribution >= 4 is 11.8 Å². The van der Waals surface area contributed by atoms with Crippen LogP contribution in [0.1, 0.15) is 19.3 Å². The van der Waals surface area contributed by atoms with E-state index in [1.165, 1.54) is 5.75 Å². The Kier molecular flexibility index (Phi) is 3.01. The van der Waals surface area contributed by atoms with E-state index in [9.17, 15) is 5.11 Å². The Hall–Kier alpha value is 0.270. The quantitative estimate of drug-likeness (QED) is 0.623. The second-order valence-electron chi connectivity index (χ2n) is 2.92. The molecule has 0 amide bonds. The third kappa shape index (κ3) is 2.15.